The second kappa shape index (κ2) is 4.19. The minimum absolute atomic E-state index is 0.363. The number of rotatable bonds is 1. The van der Waals surface area contributed by atoms with Crippen LogP contribution in [0.2, 0.25) is 0 Å². The molecule has 3 rings (SSSR count). The van der Waals surface area contributed by atoms with Crippen molar-refractivity contribution in [2.45, 2.75) is 6.92 Å². The topological polar surface area (TPSA) is 20.2 Å². The van der Waals surface area contributed by atoms with E-state index in [1.54, 1.807) is 0 Å². The minimum Gasteiger partial charge on any atom is -0.507 e. The van der Waals surface area contributed by atoms with Crippen LogP contribution >= 0.6 is 0 Å². The first-order chi connectivity index (χ1) is 8.77. The number of phenolic OH excluding ortho intramolecular Hbond substituents is 1. The van der Waals surface area contributed by atoms with E-state index in [1.165, 1.54) is 5.56 Å². The maximum absolute atomic E-state index is 10.4. The molecular weight excluding hydrogens is 220 g/mol. The molecule has 0 saturated heterocycles. The molecule has 0 fully saturated rings. The Kier molecular flexibility index (Phi) is 2.52. The van der Waals surface area contributed by atoms with Gasteiger partial charge in [-0.3, -0.25) is 0 Å². The van der Waals surface area contributed by atoms with E-state index in [9.17, 15) is 5.11 Å². The van der Waals surface area contributed by atoms with Crippen LogP contribution < -0.4 is 0 Å². The molecule has 3 aromatic carbocycles. The Balaban J connectivity index is 2.35. The van der Waals surface area contributed by atoms with Crippen LogP contribution in [0.25, 0.3) is 21.9 Å². The molecule has 0 aliphatic rings. The van der Waals surface area contributed by atoms with E-state index >= 15 is 0 Å². The molecule has 0 amide bonds. The van der Waals surface area contributed by atoms with Crippen LogP contribution in [0.5, 0.6) is 5.75 Å². The number of hydrogen-bond donors (Lipinski definition) is 1. The van der Waals surface area contributed by atoms with Gasteiger partial charge < -0.3 is 5.11 Å². The van der Waals surface area contributed by atoms with E-state index < -0.39 is 0 Å². The molecule has 0 aliphatic carbocycles. The average Bonchev–Trinajstić information content (AvgIpc) is 2.44. The van der Waals surface area contributed by atoms with E-state index in [4.69, 9.17) is 0 Å². The fourth-order valence-electron chi connectivity index (χ4n) is 2.38. The van der Waals surface area contributed by atoms with Gasteiger partial charge in [0.25, 0.3) is 0 Å². The summed E-state index contributed by atoms with van der Waals surface area (Å²) in [6.45, 7) is 2.08. The van der Waals surface area contributed by atoms with Gasteiger partial charge in [0.05, 0.1) is 0 Å². The highest BCUT2D eigenvalue weighted by molar-refractivity contribution is 5.96. The number of aryl methyl sites for hydroxylation is 1. The lowest BCUT2D eigenvalue weighted by Gasteiger charge is -2.11. The first-order valence-electron chi connectivity index (χ1n) is 6.04. The quantitative estimate of drug-likeness (QED) is 0.656. The second-order valence-corrected chi connectivity index (χ2v) is 4.50. The maximum atomic E-state index is 10.4. The number of phenols is 1. The largest absolute Gasteiger partial charge is 0.507 e. The fraction of sp³-hybridized carbons (Fsp3) is 0.0588. The summed E-state index contributed by atoms with van der Waals surface area (Å²) in [6.07, 6.45) is 0. The van der Waals surface area contributed by atoms with Gasteiger partial charge in [-0.2, -0.15) is 0 Å². The smallest absolute Gasteiger partial charge is 0.131 e. The molecule has 0 bridgehead atoms. The van der Waals surface area contributed by atoms with Crippen molar-refractivity contribution in [3.8, 4) is 16.9 Å². The molecule has 0 aromatic heterocycles. The predicted molar refractivity (Wildman–Crippen MR) is 75.8 cm³/mol. The van der Waals surface area contributed by atoms with Crippen LogP contribution in [-0.2, 0) is 0 Å². The van der Waals surface area contributed by atoms with Gasteiger partial charge in [0.2, 0.25) is 0 Å². The summed E-state index contributed by atoms with van der Waals surface area (Å²) in [7, 11) is 0. The first-order valence-corrected chi connectivity index (χ1v) is 6.04. The Bertz CT molecular complexity index is 699. The van der Waals surface area contributed by atoms with Crippen LogP contribution in [0.4, 0.5) is 0 Å². The lowest BCUT2D eigenvalue weighted by molar-refractivity contribution is 0.483. The highest BCUT2D eigenvalue weighted by Gasteiger charge is 2.10. The lowest BCUT2D eigenvalue weighted by atomic mass is 9.96. The van der Waals surface area contributed by atoms with Crippen molar-refractivity contribution in [2.24, 2.45) is 0 Å². The third kappa shape index (κ3) is 1.65. The number of benzene rings is 3. The number of fused-ring (bicyclic) bond motifs is 1. The van der Waals surface area contributed by atoms with Crippen molar-refractivity contribution < 1.29 is 5.11 Å². The standard InChI is InChI=1S/C17H14O/c1-12-11-16(13-7-3-2-4-8-13)17(18)15-10-6-5-9-14(12)15/h2-11,18H,1H3. The predicted octanol–water partition coefficient (Wildman–Crippen LogP) is 4.52. The summed E-state index contributed by atoms with van der Waals surface area (Å²) in [5.74, 6) is 0.363. The molecule has 0 saturated carbocycles. The molecule has 1 N–H and O–H groups in total. The molecule has 0 unspecified atom stereocenters. The second-order valence-electron chi connectivity index (χ2n) is 4.50. The van der Waals surface area contributed by atoms with Crippen molar-refractivity contribution in [3.63, 3.8) is 0 Å². The molecule has 3 aromatic rings. The van der Waals surface area contributed by atoms with Crippen molar-refractivity contribution in [1.29, 1.82) is 0 Å². The third-order valence-electron chi connectivity index (χ3n) is 3.31. The van der Waals surface area contributed by atoms with Crippen molar-refractivity contribution >= 4 is 10.8 Å². The minimum atomic E-state index is 0.363. The Morgan fingerprint density at radius 1 is 0.778 bits per heavy atom. The molecule has 0 heterocycles. The highest BCUT2D eigenvalue weighted by Crippen LogP contribution is 2.37. The third-order valence-corrected chi connectivity index (χ3v) is 3.31. The molecular formula is C17H14O. The normalized spacial score (nSPS) is 10.7. The molecule has 0 aliphatic heterocycles. The van der Waals surface area contributed by atoms with Gasteiger partial charge in [-0.25, -0.2) is 0 Å². The van der Waals surface area contributed by atoms with Gasteiger partial charge in [-0.05, 0) is 29.5 Å². The van der Waals surface area contributed by atoms with E-state index in [2.05, 4.69) is 6.92 Å². The van der Waals surface area contributed by atoms with Crippen LogP contribution in [0.15, 0.2) is 60.7 Å². The summed E-state index contributed by atoms with van der Waals surface area (Å²) < 4.78 is 0. The van der Waals surface area contributed by atoms with Crippen molar-refractivity contribution in [3.05, 3.63) is 66.2 Å². The summed E-state index contributed by atoms with van der Waals surface area (Å²) in [4.78, 5) is 0. The van der Waals surface area contributed by atoms with Crippen molar-refractivity contribution in [2.75, 3.05) is 0 Å². The molecule has 1 heteroatoms. The lowest BCUT2D eigenvalue weighted by Crippen LogP contribution is -1.85. The summed E-state index contributed by atoms with van der Waals surface area (Å²) >= 11 is 0. The summed E-state index contributed by atoms with van der Waals surface area (Å²) in [6, 6.07) is 20.0. The molecule has 1 nitrogen and oxygen atoms in total. The zero-order valence-electron chi connectivity index (χ0n) is 10.2. The molecule has 0 atom stereocenters. The zero-order chi connectivity index (χ0) is 12.5. The highest BCUT2D eigenvalue weighted by atomic mass is 16.3. The van der Waals surface area contributed by atoms with Gasteiger partial charge in [-0.15, -0.1) is 0 Å². The maximum Gasteiger partial charge on any atom is 0.131 e. The van der Waals surface area contributed by atoms with Crippen LogP contribution in [0.3, 0.4) is 0 Å². The van der Waals surface area contributed by atoms with Gasteiger partial charge in [0.1, 0.15) is 5.75 Å². The summed E-state index contributed by atoms with van der Waals surface area (Å²) in [5, 5.41) is 12.4. The van der Waals surface area contributed by atoms with Crippen LogP contribution in [0.1, 0.15) is 5.56 Å². The van der Waals surface area contributed by atoms with E-state index in [0.717, 1.165) is 21.9 Å². The monoisotopic (exact) mass is 234 g/mol. The SMILES string of the molecule is Cc1cc(-c2ccccc2)c(O)c2ccccc12. The van der Waals surface area contributed by atoms with Gasteiger partial charge >= 0.3 is 0 Å². The average molecular weight is 234 g/mol. The number of hydrogen-bond acceptors (Lipinski definition) is 1. The first kappa shape index (κ1) is 10.8. The van der Waals surface area contributed by atoms with Crippen molar-refractivity contribution in [1.82, 2.24) is 0 Å². The Labute approximate surface area is 106 Å². The van der Waals surface area contributed by atoms with Gasteiger partial charge in [0, 0.05) is 10.9 Å². The van der Waals surface area contributed by atoms with Crippen LogP contribution in [-0.4, -0.2) is 5.11 Å². The molecule has 18 heavy (non-hydrogen) atoms. The molecule has 88 valence electrons. The number of aromatic hydroxyl groups is 1. The Morgan fingerprint density at radius 2 is 1.39 bits per heavy atom. The summed E-state index contributed by atoms with van der Waals surface area (Å²) in [5.41, 5.74) is 3.12. The molecule has 0 radical (unpaired) electrons. The Morgan fingerprint density at radius 3 is 2.11 bits per heavy atom. The van der Waals surface area contributed by atoms with Crippen LogP contribution in [0, 0.1) is 6.92 Å². The zero-order valence-corrected chi connectivity index (χ0v) is 10.2. The van der Waals surface area contributed by atoms with Gasteiger partial charge in [0.15, 0.2) is 0 Å². The fourth-order valence-corrected chi connectivity index (χ4v) is 2.38. The van der Waals surface area contributed by atoms with E-state index in [0.29, 0.717) is 5.75 Å². The van der Waals surface area contributed by atoms with E-state index in [1.807, 2.05) is 60.7 Å². The van der Waals surface area contributed by atoms with Gasteiger partial charge in [-0.1, -0.05) is 54.6 Å². The Hall–Kier alpha value is -2.28. The molecule has 0 spiro atoms. The van der Waals surface area contributed by atoms with E-state index in [-0.39, 0.29) is 0 Å².